The average Bonchev–Trinajstić information content (AvgIpc) is 4.02. The Hall–Kier alpha value is -5.21. The highest BCUT2D eigenvalue weighted by Gasteiger charge is 2.31. The van der Waals surface area contributed by atoms with Crippen LogP contribution in [0.4, 0.5) is 24.7 Å². The van der Waals surface area contributed by atoms with Crippen LogP contribution in [0.25, 0.3) is 11.3 Å². The monoisotopic (exact) mass is 946 g/mol. The number of aryl methyl sites for hydroxylation is 1. The van der Waals surface area contributed by atoms with Crippen molar-refractivity contribution in [2.75, 3.05) is 129 Å². The molecule has 0 unspecified atom stereocenters. The van der Waals surface area contributed by atoms with Gasteiger partial charge in [0.15, 0.2) is 0 Å². The van der Waals surface area contributed by atoms with E-state index in [1.54, 1.807) is 37.4 Å². The molecule has 0 aliphatic carbocycles. The first-order chi connectivity index (χ1) is 32.5. The molecule has 1 aliphatic heterocycles. The minimum absolute atomic E-state index is 0.0511. The van der Waals surface area contributed by atoms with Gasteiger partial charge in [0.05, 0.1) is 116 Å². The number of rotatable bonds is 32. The number of hydrogen-bond acceptors (Lipinski definition) is 16. The molecule has 0 bridgehead atoms. The van der Waals surface area contributed by atoms with Gasteiger partial charge in [0, 0.05) is 48.8 Å². The molecule has 2 aromatic carbocycles. The number of amides is 2. The minimum Gasteiger partial charge on any atom is -0.423 e. The summed E-state index contributed by atoms with van der Waals surface area (Å²) in [4.78, 5) is 32.0. The highest BCUT2D eigenvalue weighted by molar-refractivity contribution is 6.59. The lowest BCUT2D eigenvalue weighted by atomic mass is 9.77. The molecule has 366 valence electrons. The van der Waals surface area contributed by atoms with E-state index in [1.807, 2.05) is 0 Å². The van der Waals surface area contributed by atoms with Crippen LogP contribution in [-0.4, -0.2) is 175 Å². The van der Waals surface area contributed by atoms with Gasteiger partial charge in [0.1, 0.15) is 11.6 Å². The van der Waals surface area contributed by atoms with E-state index in [9.17, 15) is 32.8 Å². The molecule has 23 heteroatoms. The van der Waals surface area contributed by atoms with Gasteiger partial charge in [0.2, 0.25) is 0 Å². The van der Waals surface area contributed by atoms with Gasteiger partial charge in [-0.15, -0.1) is 13.2 Å². The van der Waals surface area contributed by atoms with Crippen molar-refractivity contribution in [3.63, 3.8) is 0 Å². The first kappa shape index (κ1) is 52.8. The lowest BCUT2D eigenvalue weighted by Gasteiger charge is -2.21. The fourth-order valence-corrected chi connectivity index (χ4v) is 6.58. The van der Waals surface area contributed by atoms with E-state index < -0.39 is 25.1 Å². The molecular weight excluding hydrogens is 888 g/mol. The summed E-state index contributed by atoms with van der Waals surface area (Å²) in [5.74, 6) is -0.507. The van der Waals surface area contributed by atoms with E-state index in [1.165, 1.54) is 24.4 Å². The number of nitrogens with zero attached hydrogens (tertiary/aromatic N) is 3. The number of anilines is 2. The van der Waals surface area contributed by atoms with Crippen molar-refractivity contribution in [3.05, 3.63) is 83.7 Å². The van der Waals surface area contributed by atoms with Gasteiger partial charge in [-0.2, -0.15) is 5.10 Å². The summed E-state index contributed by atoms with van der Waals surface area (Å²) in [6.07, 6.45) is -1.05. The molecule has 4 aromatic rings. The third-order valence-electron chi connectivity index (χ3n) is 9.87. The van der Waals surface area contributed by atoms with Crippen molar-refractivity contribution < 1.29 is 75.4 Å². The maximum Gasteiger partial charge on any atom is 0.573 e. The topological polar surface area (TPSA) is 227 Å². The Bertz CT molecular complexity index is 2050. The molecule has 1 aliphatic rings. The zero-order valence-corrected chi connectivity index (χ0v) is 37.3. The second-order valence-electron chi connectivity index (χ2n) is 14.8. The summed E-state index contributed by atoms with van der Waals surface area (Å²) in [6, 6.07) is 13.0. The molecule has 67 heavy (non-hydrogen) atoms. The number of aromatic nitrogens is 3. The Labute approximate surface area is 386 Å². The molecule has 2 aromatic heterocycles. The van der Waals surface area contributed by atoms with Gasteiger partial charge < -0.3 is 68.2 Å². The third kappa shape index (κ3) is 19.5. The van der Waals surface area contributed by atoms with Crippen LogP contribution in [0.5, 0.6) is 5.75 Å². The van der Waals surface area contributed by atoms with Crippen molar-refractivity contribution >= 4 is 35.9 Å². The van der Waals surface area contributed by atoms with Crippen molar-refractivity contribution in [3.8, 4) is 17.0 Å². The first-order valence-corrected chi connectivity index (χ1v) is 21.8. The fraction of sp³-hybridized carbons (Fsp3) is 0.500. The maximum atomic E-state index is 13.1. The highest BCUT2D eigenvalue weighted by Crippen LogP contribution is 2.32. The molecule has 2 amide bonds. The predicted octanol–water partition coefficient (Wildman–Crippen LogP) is 2.75. The van der Waals surface area contributed by atoms with E-state index in [4.69, 9.17) is 37.9 Å². The Morgan fingerprint density at radius 2 is 1.34 bits per heavy atom. The van der Waals surface area contributed by atoms with Crippen molar-refractivity contribution in [1.29, 1.82) is 0 Å². The quantitative estimate of drug-likeness (QED) is 0.0351. The Morgan fingerprint density at radius 1 is 0.761 bits per heavy atom. The summed E-state index contributed by atoms with van der Waals surface area (Å²) < 4.78 is 86.2. The number of carbonyl (C=O) groups excluding carboxylic acids is 2. The van der Waals surface area contributed by atoms with Crippen LogP contribution in [0.15, 0.2) is 67.0 Å². The summed E-state index contributed by atoms with van der Waals surface area (Å²) >= 11 is 0. The lowest BCUT2D eigenvalue weighted by Crippen LogP contribution is -2.33. The molecule has 5 rings (SSSR count). The van der Waals surface area contributed by atoms with Crippen LogP contribution in [0.3, 0.4) is 0 Å². The number of alkyl halides is 3. The van der Waals surface area contributed by atoms with Gasteiger partial charge in [-0.3, -0.25) is 14.7 Å². The summed E-state index contributed by atoms with van der Waals surface area (Å²) in [5, 5.41) is 31.0. The summed E-state index contributed by atoms with van der Waals surface area (Å²) in [6.45, 7) is 9.45. The van der Waals surface area contributed by atoms with Gasteiger partial charge >= 0.3 is 13.5 Å². The standard InChI is InChI=1S/C44H58BF3N6O13/c1-32-28-33(2-7-39(32)45(57)58)42(55)49-11-13-59-14-15-60-16-17-61-18-19-62-20-21-63-22-23-64-24-25-65-26-27-66-37-9-12-54(31-37)41-38(40-8-10-51-53-40)29-34(30-50-41)43(56)52-35-3-5-36(6-4-35)67-44(46,47)48/h2-8,10,28-30,37,57-58H,9,11-27,31H2,1H3,(H,49,55)(H,51,53)(H,52,56)/t37-/m1/s1. The number of hydrogen-bond donors (Lipinski definition) is 5. The first-order valence-electron chi connectivity index (χ1n) is 21.8. The van der Waals surface area contributed by atoms with Crippen LogP contribution < -0.4 is 25.7 Å². The molecule has 3 heterocycles. The molecule has 0 radical (unpaired) electrons. The van der Waals surface area contributed by atoms with Gasteiger partial charge in [-0.05, 0) is 67.3 Å². The third-order valence-corrected chi connectivity index (χ3v) is 9.87. The lowest BCUT2D eigenvalue weighted by molar-refractivity contribution is -0.274. The predicted molar refractivity (Wildman–Crippen MR) is 239 cm³/mol. The fourth-order valence-electron chi connectivity index (χ4n) is 6.58. The van der Waals surface area contributed by atoms with E-state index in [-0.39, 0.29) is 23.3 Å². The van der Waals surface area contributed by atoms with Crippen LogP contribution in [0.2, 0.25) is 0 Å². The Morgan fingerprint density at radius 3 is 1.88 bits per heavy atom. The molecule has 0 spiro atoms. The smallest absolute Gasteiger partial charge is 0.423 e. The van der Waals surface area contributed by atoms with Crippen LogP contribution in [-0.2, 0) is 37.9 Å². The zero-order chi connectivity index (χ0) is 47.7. The number of carbonyl (C=O) groups is 2. The van der Waals surface area contributed by atoms with Gasteiger partial charge in [-0.1, -0.05) is 11.6 Å². The van der Waals surface area contributed by atoms with Crippen LogP contribution in [0, 0.1) is 6.92 Å². The van der Waals surface area contributed by atoms with Gasteiger partial charge in [0.25, 0.3) is 11.8 Å². The molecule has 5 N–H and O–H groups in total. The summed E-state index contributed by atoms with van der Waals surface area (Å²) in [7, 11) is -1.58. The number of nitrogens with one attached hydrogen (secondary N) is 3. The molecule has 19 nitrogen and oxygen atoms in total. The largest absolute Gasteiger partial charge is 0.573 e. The normalized spacial score (nSPS) is 13.8. The van der Waals surface area contributed by atoms with E-state index >= 15 is 0 Å². The maximum absolute atomic E-state index is 13.1. The van der Waals surface area contributed by atoms with Gasteiger partial charge in [-0.25, -0.2) is 4.98 Å². The minimum atomic E-state index is -4.82. The second kappa shape index (κ2) is 28.9. The second-order valence-corrected chi connectivity index (χ2v) is 14.8. The van der Waals surface area contributed by atoms with Crippen LogP contribution in [0.1, 0.15) is 32.7 Å². The van der Waals surface area contributed by atoms with Crippen molar-refractivity contribution in [2.45, 2.75) is 25.8 Å². The Balaban J connectivity index is 0.799. The number of pyridine rings is 1. The van der Waals surface area contributed by atoms with Crippen molar-refractivity contribution in [2.24, 2.45) is 0 Å². The number of H-pyrrole nitrogens is 1. The molecule has 0 saturated carbocycles. The average molecular weight is 947 g/mol. The van der Waals surface area contributed by atoms with Crippen molar-refractivity contribution in [1.82, 2.24) is 20.5 Å². The van der Waals surface area contributed by atoms with E-state index in [0.717, 1.165) is 18.6 Å². The van der Waals surface area contributed by atoms with E-state index in [2.05, 4.69) is 35.5 Å². The number of halogens is 3. The number of ether oxygens (including phenoxy) is 9. The van der Waals surface area contributed by atoms with Crippen LogP contribution >= 0.6 is 0 Å². The molecular formula is C44H58BF3N6O13. The van der Waals surface area contributed by atoms with E-state index in [0.29, 0.717) is 152 Å². The highest BCUT2D eigenvalue weighted by atomic mass is 19.4. The zero-order valence-electron chi connectivity index (χ0n) is 37.3. The SMILES string of the molecule is Cc1cc(C(=O)NCCOCCOCCOCCOCCOCCOCCOCCO[C@@H]2CCN(c3ncc(C(=O)Nc4ccc(OC(F)(F)F)cc4)cc3-c3ccn[nH]3)C2)ccc1B(O)O. The molecule has 1 atom stereocenters. The summed E-state index contributed by atoms with van der Waals surface area (Å²) in [5.41, 5.74) is 3.26. The Kier molecular flexibility index (Phi) is 22.7. The number of benzene rings is 2. The molecule has 1 fully saturated rings. The molecule has 1 saturated heterocycles. The number of aromatic amines is 1.